The number of alkyl halides is 2. The molecule has 2 aromatic rings. The van der Waals surface area contributed by atoms with E-state index < -0.39 is 6.61 Å². The van der Waals surface area contributed by atoms with E-state index in [1.807, 2.05) is 24.3 Å². The smallest absolute Gasteiger partial charge is 0.387 e. The summed E-state index contributed by atoms with van der Waals surface area (Å²) in [5.41, 5.74) is 1.45. The number of halogens is 2. The van der Waals surface area contributed by atoms with Gasteiger partial charge in [-0.3, -0.25) is 4.99 Å². The number of ether oxygens (including phenoxy) is 4. The molecule has 1 aliphatic heterocycles. The average Bonchev–Trinajstić information content (AvgIpc) is 3.15. The number of nitrogens with one attached hydrogen (secondary N) is 2. The van der Waals surface area contributed by atoms with Crippen LogP contribution in [0.2, 0.25) is 0 Å². The topological polar surface area (TPSA) is 73.3 Å². The van der Waals surface area contributed by atoms with Crippen molar-refractivity contribution in [3.05, 3.63) is 47.5 Å². The molecule has 1 aliphatic rings. The molecule has 0 bridgehead atoms. The number of guanidine groups is 1. The molecule has 0 amide bonds. The molecule has 2 N–H and O–H groups in total. The van der Waals surface area contributed by atoms with E-state index in [9.17, 15) is 8.78 Å². The molecular weight excluding hydrogens is 372 g/mol. The maximum absolute atomic E-state index is 12.7. The van der Waals surface area contributed by atoms with Crippen LogP contribution in [0, 0.1) is 0 Å². The first-order valence-electron chi connectivity index (χ1n) is 8.54. The lowest BCUT2D eigenvalue weighted by Gasteiger charge is -2.16. The monoisotopic (exact) mass is 393 g/mol. The van der Waals surface area contributed by atoms with Crippen LogP contribution in [0.15, 0.2) is 41.4 Å². The molecule has 3 rings (SSSR count). The van der Waals surface area contributed by atoms with Gasteiger partial charge in [0.15, 0.2) is 17.5 Å². The van der Waals surface area contributed by atoms with Crippen LogP contribution < -0.4 is 29.6 Å². The first-order chi connectivity index (χ1) is 13.6. The number of para-hydroxylation sites is 1. The Balaban J connectivity index is 1.66. The second kappa shape index (κ2) is 9.12. The van der Waals surface area contributed by atoms with Crippen molar-refractivity contribution < 1.29 is 27.7 Å². The highest BCUT2D eigenvalue weighted by molar-refractivity contribution is 5.79. The van der Waals surface area contributed by atoms with Crippen molar-refractivity contribution in [1.82, 2.24) is 10.6 Å². The zero-order valence-electron chi connectivity index (χ0n) is 15.5. The van der Waals surface area contributed by atoms with Gasteiger partial charge in [-0.05, 0) is 12.1 Å². The molecular formula is C19H21F2N3O4. The molecule has 0 saturated carbocycles. The Bertz CT molecular complexity index is 846. The molecule has 9 heteroatoms. The van der Waals surface area contributed by atoms with E-state index in [4.69, 9.17) is 14.2 Å². The fourth-order valence-corrected chi connectivity index (χ4v) is 2.74. The minimum Gasteiger partial charge on any atom is -0.496 e. The zero-order valence-corrected chi connectivity index (χ0v) is 15.5. The molecule has 0 spiro atoms. The molecule has 0 atom stereocenters. The van der Waals surface area contributed by atoms with Crippen LogP contribution in [0.1, 0.15) is 11.1 Å². The van der Waals surface area contributed by atoms with E-state index in [1.165, 1.54) is 6.07 Å². The Morgan fingerprint density at radius 3 is 2.43 bits per heavy atom. The summed E-state index contributed by atoms with van der Waals surface area (Å²) < 4.78 is 45.9. The van der Waals surface area contributed by atoms with E-state index in [-0.39, 0.29) is 19.1 Å². The van der Waals surface area contributed by atoms with Crippen molar-refractivity contribution >= 4 is 5.96 Å². The van der Waals surface area contributed by atoms with Gasteiger partial charge in [0.2, 0.25) is 6.79 Å². The summed E-state index contributed by atoms with van der Waals surface area (Å²) in [7, 11) is 3.23. The third-order valence-corrected chi connectivity index (χ3v) is 4.08. The third-order valence-electron chi connectivity index (χ3n) is 4.08. The minimum atomic E-state index is -2.94. The third kappa shape index (κ3) is 4.73. The van der Waals surface area contributed by atoms with Crippen LogP contribution >= 0.6 is 0 Å². The number of methoxy groups -OCH3 is 1. The van der Waals surface area contributed by atoms with Crippen molar-refractivity contribution in [3.8, 4) is 23.0 Å². The molecule has 0 unspecified atom stereocenters. The Hall–Kier alpha value is -3.23. The minimum absolute atomic E-state index is 0.0203. The number of fused-ring (bicyclic) bond motifs is 1. The first-order valence-corrected chi connectivity index (χ1v) is 8.54. The first kappa shape index (κ1) is 19.5. The Morgan fingerprint density at radius 2 is 1.75 bits per heavy atom. The van der Waals surface area contributed by atoms with Gasteiger partial charge >= 0.3 is 6.61 Å². The van der Waals surface area contributed by atoms with Crippen molar-refractivity contribution in [1.29, 1.82) is 0 Å². The summed E-state index contributed by atoms with van der Waals surface area (Å²) in [4.78, 5) is 4.15. The summed E-state index contributed by atoms with van der Waals surface area (Å²) in [5, 5.41) is 6.23. The molecule has 150 valence electrons. The van der Waals surface area contributed by atoms with Gasteiger partial charge in [-0.2, -0.15) is 8.78 Å². The van der Waals surface area contributed by atoms with Crippen LogP contribution in [0.3, 0.4) is 0 Å². The van der Waals surface area contributed by atoms with Gasteiger partial charge in [0.1, 0.15) is 11.5 Å². The highest BCUT2D eigenvalue weighted by Crippen LogP contribution is 2.38. The van der Waals surface area contributed by atoms with Crippen LogP contribution in [-0.2, 0) is 13.1 Å². The second-order valence-electron chi connectivity index (χ2n) is 5.78. The Kier molecular flexibility index (Phi) is 6.36. The van der Waals surface area contributed by atoms with Crippen molar-refractivity contribution in [2.75, 3.05) is 21.0 Å². The van der Waals surface area contributed by atoms with Crippen LogP contribution in [0.25, 0.3) is 0 Å². The van der Waals surface area contributed by atoms with E-state index in [2.05, 4.69) is 20.4 Å². The zero-order chi connectivity index (χ0) is 19.9. The summed E-state index contributed by atoms with van der Waals surface area (Å²) in [5.74, 6) is 2.13. The number of hydrogen-bond donors (Lipinski definition) is 2. The Morgan fingerprint density at radius 1 is 1.07 bits per heavy atom. The summed E-state index contributed by atoms with van der Waals surface area (Å²) in [6, 6.07) is 10.6. The summed E-state index contributed by atoms with van der Waals surface area (Å²) in [6.07, 6.45) is 0. The van der Waals surface area contributed by atoms with Gasteiger partial charge in [0, 0.05) is 37.3 Å². The highest BCUT2D eigenvalue weighted by Gasteiger charge is 2.20. The average molecular weight is 393 g/mol. The highest BCUT2D eigenvalue weighted by atomic mass is 19.3. The maximum Gasteiger partial charge on any atom is 0.387 e. The van der Waals surface area contributed by atoms with E-state index >= 15 is 0 Å². The van der Waals surface area contributed by atoms with E-state index in [0.717, 1.165) is 11.3 Å². The fraction of sp³-hybridized carbons (Fsp3) is 0.316. The largest absolute Gasteiger partial charge is 0.496 e. The van der Waals surface area contributed by atoms with Gasteiger partial charge in [0.05, 0.1) is 7.11 Å². The van der Waals surface area contributed by atoms with Crippen molar-refractivity contribution in [2.24, 2.45) is 4.99 Å². The molecule has 2 aromatic carbocycles. The number of nitrogens with zero attached hydrogens (tertiary/aromatic N) is 1. The van der Waals surface area contributed by atoms with E-state index in [1.54, 1.807) is 20.2 Å². The normalized spacial score (nSPS) is 12.8. The van der Waals surface area contributed by atoms with Crippen LogP contribution in [-0.4, -0.2) is 33.5 Å². The number of hydrogen-bond acceptors (Lipinski definition) is 5. The SMILES string of the molecule is CN=C(NCc1ccccc1OC)NCc1cc2c(cc1OC(F)F)OCO2. The maximum atomic E-state index is 12.7. The molecule has 1 heterocycles. The summed E-state index contributed by atoms with van der Waals surface area (Å²) >= 11 is 0. The van der Waals surface area contributed by atoms with Crippen LogP contribution in [0.4, 0.5) is 8.78 Å². The van der Waals surface area contributed by atoms with Gasteiger partial charge in [-0.1, -0.05) is 18.2 Å². The fourth-order valence-electron chi connectivity index (χ4n) is 2.74. The number of benzene rings is 2. The second-order valence-corrected chi connectivity index (χ2v) is 5.78. The van der Waals surface area contributed by atoms with Gasteiger partial charge in [-0.25, -0.2) is 0 Å². The Labute approximate surface area is 161 Å². The van der Waals surface area contributed by atoms with Gasteiger partial charge < -0.3 is 29.6 Å². The lowest BCUT2D eigenvalue weighted by molar-refractivity contribution is -0.0505. The van der Waals surface area contributed by atoms with Crippen molar-refractivity contribution in [3.63, 3.8) is 0 Å². The van der Waals surface area contributed by atoms with E-state index in [0.29, 0.717) is 29.6 Å². The molecule has 0 saturated heterocycles. The lowest BCUT2D eigenvalue weighted by atomic mass is 10.1. The quantitative estimate of drug-likeness (QED) is 0.557. The molecule has 0 aromatic heterocycles. The molecule has 0 fully saturated rings. The summed E-state index contributed by atoms with van der Waals surface area (Å²) in [6.45, 7) is -2.22. The lowest BCUT2D eigenvalue weighted by Crippen LogP contribution is -2.36. The van der Waals surface area contributed by atoms with Crippen molar-refractivity contribution in [2.45, 2.75) is 19.7 Å². The molecule has 28 heavy (non-hydrogen) atoms. The van der Waals surface area contributed by atoms with Crippen LogP contribution in [0.5, 0.6) is 23.0 Å². The number of rotatable bonds is 7. The number of aliphatic imine (C=N–C) groups is 1. The predicted molar refractivity (Wildman–Crippen MR) is 99.2 cm³/mol. The van der Waals surface area contributed by atoms with Gasteiger partial charge in [0.25, 0.3) is 0 Å². The molecule has 7 nitrogen and oxygen atoms in total. The standard InChI is InChI=1S/C19H21F2N3O4/c1-22-19(23-9-12-5-3-4-6-14(12)25-2)24-10-13-7-16-17(27-11-26-16)8-15(13)28-18(20)21/h3-8,18H,9-11H2,1-2H3,(H2,22,23,24). The predicted octanol–water partition coefficient (Wildman–Crippen LogP) is 2.89. The van der Waals surface area contributed by atoms with Gasteiger partial charge in [-0.15, -0.1) is 0 Å². The molecule has 0 aliphatic carbocycles. The molecule has 0 radical (unpaired) electrons.